The lowest BCUT2D eigenvalue weighted by Gasteiger charge is -2.30. The van der Waals surface area contributed by atoms with Gasteiger partial charge in [-0.15, -0.1) is 24.0 Å². The summed E-state index contributed by atoms with van der Waals surface area (Å²) in [4.78, 5) is 6.66. The molecule has 9 heteroatoms. The molecule has 2 N–H and O–H groups in total. The van der Waals surface area contributed by atoms with Crippen molar-refractivity contribution in [3.63, 3.8) is 0 Å². The molecule has 0 aromatic rings. The molecular formula is C16H36IN5O2S. The van der Waals surface area contributed by atoms with Crippen molar-refractivity contribution in [1.82, 2.24) is 19.8 Å². The number of nitrogens with one attached hydrogen (secondary N) is 2. The number of sulfonamides is 1. The molecule has 0 spiro atoms. The van der Waals surface area contributed by atoms with Gasteiger partial charge < -0.3 is 10.6 Å². The Labute approximate surface area is 171 Å². The minimum atomic E-state index is -3.01. The highest BCUT2D eigenvalue weighted by molar-refractivity contribution is 14.0. The van der Waals surface area contributed by atoms with Gasteiger partial charge in [0, 0.05) is 51.9 Å². The predicted octanol–water partition coefficient (Wildman–Crippen LogP) is 1.31. The molecule has 1 saturated heterocycles. The van der Waals surface area contributed by atoms with Gasteiger partial charge in [-0.3, -0.25) is 9.89 Å². The van der Waals surface area contributed by atoms with Gasteiger partial charge in [-0.2, -0.15) is 0 Å². The molecule has 0 atom stereocenters. The molecule has 0 aliphatic carbocycles. The summed E-state index contributed by atoms with van der Waals surface area (Å²) in [7, 11) is -1.28. The summed E-state index contributed by atoms with van der Waals surface area (Å²) in [6.45, 7) is 12.5. The average Bonchev–Trinajstić information content (AvgIpc) is 2.83. The summed E-state index contributed by atoms with van der Waals surface area (Å²) < 4.78 is 25.0. The number of hydrogen-bond donors (Lipinski definition) is 2. The maximum Gasteiger partial charge on any atom is 0.214 e. The number of halogens is 1. The van der Waals surface area contributed by atoms with Crippen LogP contribution >= 0.6 is 24.0 Å². The van der Waals surface area contributed by atoms with E-state index in [1.54, 1.807) is 11.4 Å². The second-order valence-corrected chi connectivity index (χ2v) is 8.86. The lowest BCUT2D eigenvalue weighted by atomic mass is 10.2. The first-order valence-corrected chi connectivity index (χ1v) is 10.6. The first kappa shape index (κ1) is 24.9. The highest BCUT2D eigenvalue weighted by atomic mass is 127. The zero-order chi connectivity index (χ0) is 18.2. The SMILES string of the molecule is CN=C(NCCCN(C(C)C)C(C)C)NCCN1CCCS1(=O)=O.I. The van der Waals surface area contributed by atoms with Gasteiger partial charge in [0.1, 0.15) is 0 Å². The molecule has 0 saturated carbocycles. The molecule has 1 aliphatic rings. The molecule has 1 aliphatic heterocycles. The first-order chi connectivity index (χ1) is 11.3. The molecule has 0 bridgehead atoms. The number of rotatable bonds is 9. The standard InChI is InChI=1S/C16H35N5O2S.HI/c1-14(2)21(15(3)4)11-6-8-18-16(17-5)19-9-12-20-10-7-13-24(20,22)23;/h14-15H,6-13H2,1-5H3,(H2,17,18,19);1H. The van der Waals surface area contributed by atoms with Crippen LogP contribution in [0.1, 0.15) is 40.5 Å². The molecule has 0 radical (unpaired) electrons. The molecule has 1 rings (SSSR count). The molecule has 1 heterocycles. The zero-order valence-electron chi connectivity index (χ0n) is 16.3. The Morgan fingerprint density at radius 1 is 1.16 bits per heavy atom. The van der Waals surface area contributed by atoms with Crippen LogP contribution in [0.25, 0.3) is 0 Å². The molecule has 25 heavy (non-hydrogen) atoms. The van der Waals surface area contributed by atoms with Crippen molar-refractivity contribution in [3.05, 3.63) is 0 Å². The average molecular weight is 489 g/mol. The number of aliphatic imine (C=N–C) groups is 1. The van der Waals surface area contributed by atoms with Crippen molar-refractivity contribution in [1.29, 1.82) is 0 Å². The lowest BCUT2D eigenvalue weighted by molar-refractivity contribution is 0.173. The van der Waals surface area contributed by atoms with Crippen LogP contribution in [-0.4, -0.2) is 81.2 Å². The Kier molecular flexibility index (Phi) is 12.2. The van der Waals surface area contributed by atoms with Crippen molar-refractivity contribution in [2.24, 2.45) is 4.99 Å². The molecule has 0 unspecified atom stereocenters. The van der Waals surface area contributed by atoms with Crippen LogP contribution < -0.4 is 10.6 Å². The Morgan fingerprint density at radius 2 is 1.76 bits per heavy atom. The van der Waals surface area contributed by atoms with E-state index in [-0.39, 0.29) is 29.7 Å². The predicted molar refractivity (Wildman–Crippen MR) is 116 cm³/mol. The number of guanidine groups is 1. The Bertz CT molecular complexity index is 489. The van der Waals surface area contributed by atoms with E-state index in [4.69, 9.17) is 0 Å². The minimum absolute atomic E-state index is 0. The van der Waals surface area contributed by atoms with Gasteiger partial charge in [-0.1, -0.05) is 0 Å². The summed E-state index contributed by atoms with van der Waals surface area (Å²) in [5.74, 6) is 1.01. The largest absolute Gasteiger partial charge is 0.356 e. The third kappa shape index (κ3) is 8.87. The molecular weight excluding hydrogens is 453 g/mol. The fourth-order valence-corrected chi connectivity index (χ4v) is 4.57. The van der Waals surface area contributed by atoms with Gasteiger partial charge in [0.25, 0.3) is 0 Å². The van der Waals surface area contributed by atoms with E-state index in [2.05, 4.69) is 48.2 Å². The van der Waals surface area contributed by atoms with E-state index < -0.39 is 10.0 Å². The highest BCUT2D eigenvalue weighted by Crippen LogP contribution is 2.11. The van der Waals surface area contributed by atoms with Crippen molar-refractivity contribution < 1.29 is 8.42 Å². The van der Waals surface area contributed by atoms with Crippen LogP contribution in [0.4, 0.5) is 0 Å². The first-order valence-electron chi connectivity index (χ1n) is 8.96. The van der Waals surface area contributed by atoms with Gasteiger partial charge >= 0.3 is 0 Å². The lowest BCUT2D eigenvalue weighted by Crippen LogP contribution is -2.43. The quantitative estimate of drug-likeness (QED) is 0.221. The second kappa shape index (κ2) is 12.3. The smallest absolute Gasteiger partial charge is 0.214 e. The highest BCUT2D eigenvalue weighted by Gasteiger charge is 2.27. The van der Waals surface area contributed by atoms with Crippen molar-refractivity contribution in [2.75, 3.05) is 45.5 Å². The molecule has 7 nitrogen and oxygen atoms in total. The van der Waals surface area contributed by atoms with Gasteiger partial charge in [0.2, 0.25) is 10.0 Å². The maximum absolute atomic E-state index is 11.7. The van der Waals surface area contributed by atoms with Gasteiger partial charge in [0.15, 0.2) is 5.96 Å². The monoisotopic (exact) mass is 489 g/mol. The Hall–Kier alpha value is -0.130. The van der Waals surface area contributed by atoms with E-state index in [1.165, 1.54) is 0 Å². The van der Waals surface area contributed by atoms with Crippen LogP contribution in [0.5, 0.6) is 0 Å². The summed E-state index contributed by atoms with van der Waals surface area (Å²) in [6.07, 6.45) is 1.77. The van der Waals surface area contributed by atoms with Crippen LogP contribution in [-0.2, 0) is 10.0 Å². The van der Waals surface area contributed by atoms with Crippen LogP contribution in [0.2, 0.25) is 0 Å². The van der Waals surface area contributed by atoms with Gasteiger partial charge in [0.05, 0.1) is 5.75 Å². The Morgan fingerprint density at radius 3 is 2.24 bits per heavy atom. The normalized spacial score (nSPS) is 18.0. The number of nitrogens with zero attached hydrogens (tertiary/aromatic N) is 3. The summed E-state index contributed by atoms with van der Waals surface area (Å²) in [5, 5.41) is 6.48. The number of hydrogen-bond acceptors (Lipinski definition) is 4. The van der Waals surface area contributed by atoms with Crippen molar-refractivity contribution in [3.8, 4) is 0 Å². The van der Waals surface area contributed by atoms with E-state index in [0.29, 0.717) is 31.7 Å². The van der Waals surface area contributed by atoms with Gasteiger partial charge in [-0.25, -0.2) is 12.7 Å². The van der Waals surface area contributed by atoms with Crippen molar-refractivity contribution >= 4 is 40.0 Å². The maximum atomic E-state index is 11.7. The van der Waals surface area contributed by atoms with Crippen LogP contribution in [0.3, 0.4) is 0 Å². The van der Waals surface area contributed by atoms with E-state index in [1.807, 2.05) is 0 Å². The fourth-order valence-electron chi connectivity index (χ4n) is 3.04. The van der Waals surface area contributed by atoms with Crippen LogP contribution in [0.15, 0.2) is 4.99 Å². The molecule has 0 amide bonds. The Balaban J connectivity index is 0.00000576. The third-order valence-corrected chi connectivity index (χ3v) is 6.25. The van der Waals surface area contributed by atoms with Gasteiger partial charge in [-0.05, 0) is 40.5 Å². The second-order valence-electron chi connectivity index (χ2n) is 6.77. The molecule has 150 valence electrons. The summed E-state index contributed by atoms with van der Waals surface area (Å²) in [5.41, 5.74) is 0. The van der Waals surface area contributed by atoms with Crippen molar-refractivity contribution in [2.45, 2.75) is 52.6 Å². The van der Waals surface area contributed by atoms with E-state index >= 15 is 0 Å². The summed E-state index contributed by atoms with van der Waals surface area (Å²) in [6, 6.07) is 1.09. The molecule has 0 aromatic heterocycles. The van der Waals surface area contributed by atoms with E-state index in [9.17, 15) is 8.42 Å². The zero-order valence-corrected chi connectivity index (χ0v) is 19.4. The topological polar surface area (TPSA) is 77.0 Å². The fraction of sp³-hybridized carbons (Fsp3) is 0.938. The third-order valence-electron chi connectivity index (χ3n) is 4.29. The molecule has 0 aromatic carbocycles. The summed E-state index contributed by atoms with van der Waals surface area (Å²) >= 11 is 0. The minimum Gasteiger partial charge on any atom is -0.356 e. The molecule has 1 fully saturated rings. The van der Waals surface area contributed by atoms with Crippen LogP contribution in [0, 0.1) is 0 Å². The van der Waals surface area contributed by atoms with E-state index in [0.717, 1.165) is 31.9 Å².